The van der Waals surface area contributed by atoms with Crippen LogP contribution in [-0.4, -0.2) is 12.2 Å². The van der Waals surface area contributed by atoms with Crippen LogP contribution in [0, 0.1) is 0 Å². The van der Waals surface area contributed by atoms with Gasteiger partial charge in [-0.2, -0.15) is 0 Å². The molecule has 2 aromatic carbocycles. The third kappa shape index (κ3) is 2.13. The highest BCUT2D eigenvalue weighted by Gasteiger charge is 2.11. The first-order valence-corrected chi connectivity index (χ1v) is 6.11. The molecule has 0 aliphatic rings. The fraction of sp³-hybridized carbons (Fsp3) is 0.0667. The number of phenolic OH excluding ortho intramolecular Hbond substituents is 1. The molecule has 4 heteroatoms. The number of hydrogen-bond donors (Lipinski definition) is 1. The summed E-state index contributed by atoms with van der Waals surface area (Å²) < 4.78 is 10.9. The Morgan fingerprint density at radius 3 is 2.74 bits per heavy atom. The Bertz CT molecular complexity index is 746. The topological polar surface area (TPSA) is 42.6 Å². The van der Waals surface area contributed by atoms with E-state index in [0.717, 1.165) is 11.0 Å². The molecular weight excluding hydrogens is 264 g/mol. The molecular formula is C15H11ClO3. The summed E-state index contributed by atoms with van der Waals surface area (Å²) in [5.74, 6) is 1.38. The van der Waals surface area contributed by atoms with Gasteiger partial charge < -0.3 is 14.3 Å². The Balaban J connectivity index is 2.18. The molecule has 1 heterocycles. The van der Waals surface area contributed by atoms with Crippen molar-refractivity contribution in [3.63, 3.8) is 0 Å². The van der Waals surface area contributed by atoms with E-state index in [-0.39, 0.29) is 5.75 Å². The van der Waals surface area contributed by atoms with Crippen molar-refractivity contribution < 1.29 is 14.3 Å². The smallest absolute Gasteiger partial charge is 0.139 e. The van der Waals surface area contributed by atoms with Gasteiger partial charge in [0.2, 0.25) is 0 Å². The van der Waals surface area contributed by atoms with Crippen LogP contribution in [0.25, 0.3) is 22.3 Å². The SMILES string of the molecule is COc1ccc(O)c(-c2cc3cc(Cl)ccc3o2)c1. The molecule has 0 amide bonds. The first-order chi connectivity index (χ1) is 9.17. The van der Waals surface area contributed by atoms with Crippen molar-refractivity contribution in [3.8, 4) is 22.8 Å². The predicted octanol–water partition coefficient (Wildman–Crippen LogP) is 4.47. The van der Waals surface area contributed by atoms with Crippen molar-refractivity contribution in [2.45, 2.75) is 0 Å². The van der Waals surface area contributed by atoms with Gasteiger partial charge >= 0.3 is 0 Å². The molecule has 0 saturated carbocycles. The Kier molecular flexibility index (Phi) is 2.84. The van der Waals surface area contributed by atoms with Gasteiger partial charge in [0.25, 0.3) is 0 Å². The zero-order valence-electron chi connectivity index (χ0n) is 10.2. The fourth-order valence-electron chi connectivity index (χ4n) is 1.99. The lowest BCUT2D eigenvalue weighted by Gasteiger charge is -2.04. The lowest BCUT2D eigenvalue weighted by Crippen LogP contribution is -1.83. The van der Waals surface area contributed by atoms with Crippen molar-refractivity contribution in [2.24, 2.45) is 0 Å². The minimum Gasteiger partial charge on any atom is -0.507 e. The van der Waals surface area contributed by atoms with E-state index in [1.165, 1.54) is 0 Å². The zero-order chi connectivity index (χ0) is 13.4. The van der Waals surface area contributed by atoms with Crippen LogP contribution in [0.2, 0.25) is 5.02 Å². The number of halogens is 1. The highest BCUT2D eigenvalue weighted by atomic mass is 35.5. The van der Waals surface area contributed by atoms with Gasteiger partial charge in [0.05, 0.1) is 12.7 Å². The number of hydrogen-bond acceptors (Lipinski definition) is 3. The van der Waals surface area contributed by atoms with Gasteiger partial charge in [-0.25, -0.2) is 0 Å². The fourth-order valence-corrected chi connectivity index (χ4v) is 2.17. The van der Waals surface area contributed by atoms with Crippen molar-refractivity contribution in [2.75, 3.05) is 7.11 Å². The molecule has 0 radical (unpaired) electrons. The van der Waals surface area contributed by atoms with E-state index in [2.05, 4.69) is 0 Å². The first-order valence-electron chi connectivity index (χ1n) is 5.74. The van der Waals surface area contributed by atoms with Gasteiger partial charge in [0.1, 0.15) is 22.8 Å². The molecule has 0 unspecified atom stereocenters. The quantitative estimate of drug-likeness (QED) is 0.750. The standard InChI is InChI=1S/C15H11ClO3/c1-18-11-3-4-13(17)12(8-11)15-7-9-6-10(16)2-5-14(9)19-15/h2-8,17H,1H3. The maximum absolute atomic E-state index is 9.92. The molecule has 3 nitrogen and oxygen atoms in total. The van der Waals surface area contributed by atoms with Crippen LogP contribution in [0.1, 0.15) is 0 Å². The number of fused-ring (bicyclic) bond motifs is 1. The number of benzene rings is 2. The average Bonchev–Trinajstić information content (AvgIpc) is 2.82. The number of phenols is 1. The molecule has 19 heavy (non-hydrogen) atoms. The summed E-state index contributed by atoms with van der Waals surface area (Å²) in [6.45, 7) is 0. The second-order valence-corrected chi connectivity index (χ2v) is 4.61. The van der Waals surface area contributed by atoms with Gasteiger partial charge in [0, 0.05) is 10.4 Å². The maximum atomic E-state index is 9.92. The largest absolute Gasteiger partial charge is 0.507 e. The lowest BCUT2D eigenvalue weighted by atomic mass is 10.1. The van der Waals surface area contributed by atoms with E-state index in [1.54, 1.807) is 37.4 Å². The van der Waals surface area contributed by atoms with Crippen LogP contribution in [0.4, 0.5) is 0 Å². The van der Waals surface area contributed by atoms with Crippen LogP contribution < -0.4 is 4.74 Å². The van der Waals surface area contributed by atoms with E-state index in [4.69, 9.17) is 20.8 Å². The molecule has 0 aliphatic heterocycles. The van der Waals surface area contributed by atoms with Crippen LogP contribution in [0.5, 0.6) is 11.5 Å². The minimum atomic E-state index is 0.144. The van der Waals surface area contributed by atoms with Crippen LogP contribution in [0.3, 0.4) is 0 Å². The lowest BCUT2D eigenvalue weighted by molar-refractivity contribution is 0.412. The molecule has 0 aliphatic carbocycles. The number of ether oxygens (including phenoxy) is 1. The van der Waals surface area contributed by atoms with Crippen LogP contribution in [-0.2, 0) is 0 Å². The second kappa shape index (κ2) is 4.52. The monoisotopic (exact) mass is 274 g/mol. The number of furan rings is 1. The summed E-state index contributed by atoms with van der Waals surface area (Å²) in [7, 11) is 1.58. The third-order valence-electron chi connectivity index (χ3n) is 2.95. The van der Waals surface area contributed by atoms with Gasteiger partial charge in [-0.15, -0.1) is 0 Å². The van der Waals surface area contributed by atoms with Crippen molar-refractivity contribution >= 4 is 22.6 Å². The highest BCUT2D eigenvalue weighted by molar-refractivity contribution is 6.31. The molecule has 0 atom stereocenters. The van der Waals surface area contributed by atoms with Gasteiger partial charge in [0.15, 0.2) is 0 Å². The van der Waals surface area contributed by atoms with Crippen LogP contribution in [0.15, 0.2) is 46.9 Å². The van der Waals surface area contributed by atoms with E-state index in [0.29, 0.717) is 22.1 Å². The molecule has 0 bridgehead atoms. The molecule has 1 aromatic heterocycles. The van der Waals surface area contributed by atoms with Gasteiger partial charge in [-0.05, 0) is 42.5 Å². The van der Waals surface area contributed by atoms with Crippen LogP contribution >= 0.6 is 11.6 Å². The Morgan fingerprint density at radius 2 is 1.95 bits per heavy atom. The summed E-state index contributed by atoms with van der Waals surface area (Å²) in [6, 6.07) is 12.2. The molecule has 96 valence electrons. The minimum absolute atomic E-state index is 0.144. The molecule has 1 N–H and O–H groups in total. The zero-order valence-corrected chi connectivity index (χ0v) is 10.9. The number of methoxy groups -OCH3 is 1. The molecule has 0 fully saturated rings. The van der Waals surface area contributed by atoms with Crippen molar-refractivity contribution in [1.29, 1.82) is 0 Å². The first kappa shape index (κ1) is 11.9. The maximum Gasteiger partial charge on any atom is 0.139 e. The number of rotatable bonds is 2. The van der Waals surface area contributed by atoms with Crippen molar-refractivity contribution in [3.05, 3.63) is 47.5 Å². The Labute approximate surface area is 115 Å². The highest BCUT2D eigenvalue weighted by Crippen LogP contribution is 2.36. The van der Waals surface area contributed by atoms with E-state index < -0.39 is 0 Å². The number of aromatic hydroxyl groups is 1. The van der Waals surface area contributed by atoms with Gasteiger partial charge in [-0.3, -0.25) is 0 Å². The Hall–Kier alpha value is -2.13. The summed E-state index contributed by atoms with van der Waals surface area (Å²) in [5.41, 5.74) is 1.31. The average molecular weight is 275 g/mol. The summed E-state index contributed by atoms with van der Waals surface area (Å²) in [5, 5.41) is 11.5. The Morgan fingerprint density at radius 1 is 1.11 bits per heavy atom. The summed E-state index contributed by atoms with van der Waals surface area (Å²) >= 11 is 5.94. The normalized spacial score (nSPS) is 10.8. The van der Waals surface area contributed by atoms with E-state index in [1.807, 2.05) is 12.1 Å². The predicted molar refractivity (Wildman–Crippen MR) is 74.9 cm³/mol. The third-order valence-corrected chi connectivity index (χ3v) is 3.18. The summed E-state index contributed by atoms with van der Waals surface area (Å²) in [4.78, 5) is 0. The van der Waals surface area contributed by atoms with E-state index >= 15 is 0 Å². The summed E-state index contributed by atoms with van der Waals surface area (Å²) in [6.07, 6.45) is 0. The molecule has 0 saturated heterocycles. The molecule has 3 aromatic rings. The molecule has 3 rings (SSSR count). The van der Waals surface area contributed by atoms with Gasteiger partial charge in [-0.1, -0.05) is 11.6 Å². The molecule has 0 spiro atoms. The van der Waals surface area contributed by atoms with E-state index in [9.17, 15) is 5.11 Å². The second-order valence-electron chi connectivity index (χ2n) is 4.18. The van der Waals surface area contributed by atoms with Crippen molar-refractivity contribution in [1.82, 2.24) is 0 Å².